The van der Waals surface area contributed by atoms with Crippen molar-refractivity contribution in [3.63, 3.8) is 0 Å². The molecule has 0 aliphatic carbocycles. The molecule has 1 aromatic carbocycles. The summed E-state index contributed by atoms with van der Waals surface area (Å²) in [5.74, 6) is -2.10. The third kappa shape index (κ3) is 4.22. The van der Waals surface area contributed by atoms with E-state index >= 15 is 0 Å². The average Bonchev–Trinajstić information content (AvgIpc) is 3.39. The molecule has 2 aromatic rings. The van der Waals surface area contributed by atoms with Gasteiger partial charge >= 0.3 is 0 Å². The number of ether oxygens (including phenoxy) is 4. The number of halogens is 2. The van der Waals surface area contributed by atoms with Crippen LogP contribution in [0.4, 0.5) is 14.6 Å². The first-order valence-electron chi connectivity index (χ1n) is 9.73. The normalized spacial score (nSPS) is 22.8. The molecular formula is C19H24F2N2O6. The van der Waals surface area contributed by atoms with Gasteiger partial charge in [-0.15, -0.1) is 0 Å². The maximum absolute atomic E-state index is 14.5. The van der Waals surface area contributed by atoms with E-state index in [2.05, 4.69) is 10.5 Å². The Morgan fingerprint density at radius 2 is 2.00 bits per heavy atom. The van der Waals surface area contributed by atoms with Gasteiger partial charge in [0.25, 0.3) is 0 Å². The van der Waals surface area contributed by atoms with Crippen molar-refractivity contribution in [2.45, 2.75) is 50.9 Å². The lowest BCUT2D eigenvalue weighted by atomic mass is 10.1. The Hall–Kier alpha value is -1.85. The smallest absolute Gasteiger partial charge is 0.207 e. The fraction of sp³-hybridized carbons (Fsp3) is 0.632. The lowest BCUT2D eigenvalue weighted by Gasteiger charge is -2.30. The molecule has 3 atom stereocenters. The molecular weight excluding hydrogens is 390 g/mol. The lowest BCUT2D eigenvalue weighted by molar-refractivity contribution is -0.188. The summed E-state index contributed by atoms with van der Waals surface area (Å²) in [4.78, 5) is 0. The molecule has 8 nitrogen and oxygen atoms in total. The number of nitrogens with one attached hydrogen (secondary N) is 1. The van der Waals surface area contributed by atoms with E-state index in [4.69, 9.17) is 23.5 Å². The standard InChI is InChI=1S/C19H24F2N2O6/c1-10(28-14-4-2-3-5-25-14)13(9-24)22-18-12-8-11(19-26-6-7-27-19)15(20)16(21)17(12)29-23-18/h8,10,13-14,19,24H,2-7,9H2,1H3,(H,22,23)/t10-,13-,14?/m1/s1. The Balaban J connectivity index is 1.56. The van der Waals surface area contributed by atoms with E-state index in [1.54, 1.807) is 6.92 Å². The predicted molar refractivity (Wildman–Crippen MR) is 97.2 cm³/mol. The Kier molecular flexibility index (Phi) is 6.26. The molecule has 29 heavy (non-hydrogen) atoms. The first-order valence-corrected chi connectivity index (χ1v) is 9.73. The van der Waals surface area contributed by atoms with E-state index in [0.29, 0.717) is 19.8 Å². The molecule has 0 saturated carbocycles. The molecule has 2 aliphatic rings. The Labute approximate surface area is 166 Å². The monoisotopic (exact) mass is 414 g/mol. The van der Waals surface area contributed by atoms with Crippen molar-refractivity contribution in [2.75, 3.05) is 31.7 Å². The van der Waals surface area contributed by atoms with Crippen LogP contribution in [0.2, 0.25) is 0 Å². The van der Waals surface area contributed by atoms with Gasteiger partial charge in [-0.3, -0.25) is 0 Å². The number of aliphatic hydroxyl groups excluding tert-OH is 1. The molecule has 2 N–H and O–H groups in total. The Bertz CT molecular complexity index is 836. The highest BCUT2D eigenvalue weighted by Crippen LogP contribution is 2.35. The van der Waals surface area contributed by atoms with Crippen LogP contribution in [0.1, 0.15) is 38.0 Å². The number of aromatic nitrogens is 1. The molecule has 4 rings (SSSR count). The zero-order valence-corrected chi connectivity index (χ0v) is 16.0. The molecule has 160 valence electrons. The third-order valence-electron chi connectivity index (χ3n) is 5.14. The average molecular weight is 414 g/mol. The Morgan fingerprint density at radius 3 is 2.69 bits per heavy atom. The second-order valence-corrected chi connectivity index (χ2v) is 7.15. The van der Waals surface area contributed by atoms with Crippen LogP contribution in [0.25, 0.3) is 11.0 Å². The second-order valence-electron chi connectivity index (χ2n) is 7.15. The van der Waals surface area contributed by atoms with Crippen molar-refractivity contribution in [2.24, 2.45) is 0 Å². The molecule has 2 saturated heterocycles. The van der Waals surface area contributed by atoms with Gasteiger partial charge in [0, 0.05) is 12.2 Å². The van der Waals surface area contributed by atoms with Crippen LogP contribution in [-0.2, 0) is 18.9 Å². The topological polar surface area (TPSA) is 95.2 Å². The zero-order chi connectivity index (χ0) is 20.4. The molecule has 10 heteroatoms. The van der Waals surface area contributed by atoms with Crippen molar-refractivity contribution in [3.8, 4) is 0 Å². The van der Waals surface area contributed by atoms with Gasteiger partial charge in [-0.05, 0) is 32.3 Å². The number of hydrogen-bond acceptors (Lipinski definition) is 8. The fourth-order valence-electron chi connectivity index (χ4n) is 3.49. The van der Waals surface area contributed by atoms with Gasteiger partial charge in [0.1, 0.15) is 0 Å². The van der Waals surface area contributed by atoms with Crippen molar-refractivity contribution in [1.82, 2.24) is 5.16 Å². The van der Waals surface area contributed by atoms with Crippen LogP contribution >= 0.6 is 0 Å². The van der Waals surface area contributed by atoms with E-state index < -0.39 is 30.1 Å². The fourth-order valence-corrected chi connectivity index (χ4v) is 3.49. The highest BCUT2D eigenvalue weighted by molar-refractivity contribution is 5.89. The van der Waals surface area contributed by atoms with E-state index in [1.165, 1.54) is 6.07 Å². The van der Waals surface area contributed by atoms with Crippen molar-refractivity contribution in [3.05, 3.63) is 23.3 Å². The summed E-state index contributed by atoms with van der Waals surface area (Å²) in [5, 5.41) is 16.8. The number of hydrogen-bond donors (Lipinski definition) is 2. The minimum atomic E-state index is -1.17. The van der Waals surface area contributed by atoms with E-state index in [9.17, 15) is 13.9 Å². The highest BCUT2D eigenvalue weighted by Gasteiger charge is 2.30. The summed E-state index contributed by atoms with van der Waals surface area (Å²) in [6.07, 6.45) is 1.04. The van der Waals surface area contributed by atoms with Gasteiger partial charge in [-0.2, -0.15) is 4.39 Å². The van der Waals surface area contributed by atoms with Gasteiger partial charge < -0.3 is 33.9 Å². The van der Waals surface area contributed by atoms with Crippen LogP contribution in [-0.4, -0.2) is 55.1 Å². The first-order chi connectivity index (χ1) is 14.1. The second kappa shape index (κ2) is 8.88. The molecule has 3 heterocycles. The predicted octanol–water partition coefficient (Wildman–Crippen LogP) is 2.86. The summed E-state index contributed by atoms with van der Waals surface area (Å²) in [7, 11) is 0. The van der Waals surface area contributed by atoms with Crippen LogP contribution in [0.3, 0.4) is 0 Å². The SMILES string of the molecule is C[C@@H](OC1CCCCO1)[C@@H](CO)Nc1noc2c(F)c(F)c(C3OCCO3)cc12. The Morgan fingerprint density at radius 1 is 1.21 bits per heavy atom. The van der Waals surface area contributed by atoms with Crippen molar-refractivity contribution >= 4 is 16.8 Å². The summed E-state index contributed by atoms with van der Waals surface area (Å²) in [6, 6.07) is 0.816. The molecule has 0 radical (unpaired) electrons. The largest absolute Gasteiger partial charge is 0.394 e. The summed E-state index contributed by atoms with van der Waals surface area (Å²) >= 11 is 0. The highest BCUT2D eigenvalue weighted by atomic mass is 19.2. The molecule has 0 bridgehead atoms. The molecule has 2 fully saturated rings. The van der Waals surface area contributed by atoms with Gasteiger partial charge in [-0.1, -0.05) is 5.16 Å². The number of aliphatic hydroxyl groups is 1. The number of benzene rings is 1. The molecule has 1 aromatic heterocycles. The third-order valence-corrected chi connectivity index (χ3v) is 5.14. The number of fused-ring (bicyclic) bond motifs is 1. The van der Waals surface area contributed by atoms with Crippen molar-refractivity contribution < 1.29 is 37.4 Å². The maximum Gasteiger partial charge on any atom is 0.207 e. The summed E-state index contributed by atoms with van der Waals surface area (Å²) < 4.78 is 55.9. The van der Waals surface area contributed by atoms with Crippen LogP contribution in [0.5, 0.6) is 0 Å². The number of rotatable bonds is 7. The van der Waals surface area contributed by atoms with E-state index in [-0.39, 0.29) is 35.2 Å². The lowest BCUT2D eigenvalue weighted by Crippen LogP contribution is -2.40. The zero-order valence-electron chi connectivity index (χ0n) is 16.0. The molecule has 0 spiro atoms. The quantitative estimate of drug-likeness (QED) is 0.714. The minimum Gasteiger partial charge on any atom is -0.394 e. The number of nitrogens with zero attached hydrogens (tertiary/aromatic N) is 1. The maximum atomic E-state index is 14.5. The summed E-state index contributed by atoms with van der Waals surface area (Å²) in [5.41, 5.74) is -0.396. The van der Waals surface area contributed by atoms with Crippen LogP contribution < -0.4 is 5.32 Å². The summed E-state index contributed by atoms with van der Waals surface area (Å²) in [6.45, 7) is 2.75. The minimum absolute atomic E-state index is 0.0702. The van der Waals surface area contributed by atoms with E-state index in [1.807, 2.05) is 0 Å². The van der Waals surface area contributed by atoms with Gasteiger partial charge in [-0.25, -0.2) is 4.39 Å². The van der Waals surface area contributed by atoms with Gasteiger partial charge in [0.05, 0.1) is 37.4 Å². The van der Waals surface area contributed by atoms with Crippen LogP contribution in [0.15, 0.2) is 10.6 Å². The van der Waals surface area contributed by atoms with Gasteiger partial charge in [0.15, 0.2) is 24.2 Å². The first kappa shape index (κ1) is 20.4. The van der Waals surface area contributed by atoms with Crippen molar-refractivity contribution in [1.29, 1.82) is 0 Å². The number of anilines is 1. The molecule has 0 amide bonds. The van der Waals surface area contributed by atoms with Gasteiger partial charge in [0.2, 0.25) is 11.4 Å². The van der Waals surface area contributed by atoms with Crippen LogP contribution in [0, 0.1) is 11.6 Å². The molecule has 2 aliphatic heterocycles. The molecule has 1 unspecified atom stereocenters. The van der Waals surface area contributed by atoms with E-state index in [0.717, 1.165) is 19.3 Å².